The van der Waals surface area contributed by atoms with Gasteiger partial charge in [0.25, 0.3) is 20.2 Å². The lowest BCUT2D eigenvalue weighted by atomic mass is 10.1. The van der Waals surface area contributed by atoms with Gasteiger partial charge in [-0.05, 0) is 72.5 Å². The first-order valence-electron chi connectivity index (χ1n) is 11.6. The minimum absolute atomic E-state index is 0.0128. The molecule has 0 aliphatic rings. The van der Waals surface area contributed by atoms with E-state index in [0.717, 1.165) is 6.07 Å². The van der Waals surface area contributed by atoms with Crippen LogP contribution in [0.2, 0.25) is 0 Å². The van der Waals surface area contributed by atoms with Crippen molar-refractivity contribution in [2.45, 2.75) is 35.5 Å². The molecule has 0 radical (unpaired) electrons. The Balaban J connectivity index is 1.71. The smallest absolute Gasteiger partial charge is 0.303 e. The lowest BCUT2D eigenvalue weighted by Gasteiger charge is -2.13. The Labute approximate surface area is 223 Å². The van der Waals surface area contributed by atoms with E-state index in [2.05, 4.69) is 15.2 Å². The second-order valence-corrected chi connectivity index (χ2v) is 11.3. The number of aliphatic carboxylic acids is 1. The van der Waals surface area contributed by atoms with Gasteiger partial charge in [0.2, 0.25) is 0 Å². The molecule has 0 unspecified atom stereocenters. The molecule has 0 saturated heterocycles. The minimum atomic E-state index is -4.66. The van der Waals surface area contributed by atoms with Gasteiger partial charge in [0.1, 0.15) is 16.1 Å². The molecule has 4 rings (SSSR count). The number of azo groups is 1. The van der Waals surface area contributed by atoms with Crippen LogP contribution < -0.4 is 4.74 Å². The highest BCUT2D eigenvalue weighted by Crippen LogP contribution is 2.40. The van der Waals surface area contributed by atoms with Crippen LogP contribution in [-0.2, 0) is 25.0 Å². The number of hydrogen-bond donors (Lipinski definition) is 3. The number of benzene rings is 3. The third kappa shape index (κ3) is 6.92. The fraction of sp³-hybridized carbons (Fsp3) is 0.200. The summed E-state index contributed by atoms with van der Waals surface area (Å²) in [5.74, 6) is -0.749. The summed E-state index contributed by atoms with van der Waals surface area (Å²) in [6, 6.07) is 12.9. The van der Waals surface area contributed by atoms with E-state index in [1.807, 2.05) is 0 Å². The monoisotopic (exact) mass is 573 g/mol. The highest BCUT2D eigenvalue weighted by atomic mass is 32.2. The van der Waals surface area contributed by atoms with Gasteiger partial charge in [-0.2, -0.15) is 21.9 Å². The minimum Gasteiger partial charge on any atom is -0.489 e. The zero-order valence-electron chi connectivity index (χ0n) is 20.3. The van der Waals surface area contributed by atoms with Crippen LogP contribution in [-0.4, -0.2) is 48.6 Å². The maximum Gasteiger partial charge on any atom is 0.303 e. The Kier molecular flexibility index (Phi) is 8.20. The fourth-order valence-corrected chi connectivity index (χ4v) is 5.10. The van der Waals surface area contributed by atoms with E-state index in [0.29, 0.717) is 35.7 Å². The third-order valence-corrected chi connectivity index (χ3v) is 7.46. The van der Waals surface area contributed by atoms with E-state index in [9.17, 15) is 30.7 Å². The predicted molar refractivity (Wildman–Crippen MR) is 141 cm³/mol. The number of carboxylic acids is 1. The summed E-state index contributed by atoms with van der Waals surface area (Å²) >= 11 is 0. The van der Waals surface area contributed by atoms with Crippen LogP contribution in [0, 0.1) is 0 Å². The number of carboxylic acid groups (broad SMARTS) is 1. The molecule has 0 spiro atoms. The van der Waals surface area contributed by atoms with Gasteiger partial charge in [0.15, 0.2) is 5.75 Å². The summed E-state index contributed by atoms with van der Waals surface area (Å²) in [4.78, 5) is 14.3. The number of ether oxygens (including phenoxy) is 1. The normalized spacial score (nSPS) is 12.4. The van der Waals surface area contributed by atoms with Crippen molar-refractivity contribution >= 4 is 59.3 Å². The summed E-state index contributed by atoms with van der Waals surface area (Å²) in [6.45, 7) is 0.172. The van der Waals surface area contributed by atoms with Crippen molar-refractivity contribution in [2.24, 2.45) is 10.2 Å². The van der Waals surface area contributed by atoms with Crippen molar-refractivity contribution in [2.75, 3.05) is 6.61 Å². The molecule has 3 aromatic carbocycles. The topological polar surface area (TPSA) is 193 Å². The number of fused-ring (bicyclic) bond motifs is 2. The quantitative estimate of drug-likeness (QED) is 0.120. The van der Waals surface area contributed by atoms with Crippen molar-refractivity contribution in [1.29, 1.82) is 0 Å². The molecule has 1 heterocycles. The predicted octanol–water partition coefficient (Wildman–Crippen LogP) is 5.32. The number of unbranched alkanes of at least 4 members (excludes halogenated alkanes) is 2. The second kappa shape index (κ2) is 11.4. The van der Waals surface area contributed by atoms with E-state index in [1.54, 1.807) is 18.2 Å². The summed E-state index contributed by atoms with van der Waals surface area (Å²) in [5, 5.41) is 18.4. The maximum atomic E-state index is 12.1. The first-order valence-corrected chi connectivity index (χ1v) is 14.5. The average Bonchev–Trinajstić information content (AvgIpc) is 2.87. The molecule has 204 valence electrons. The highest BCUT2D eigenvalue weighted by molar-refractivity contribution is 7.86. The Morgan fingerprint density at radius 3 is 2.33 bits per heavy atom. The number of pyridine rings is 1. The Morgan fingerprint density at radius 1 is 0.872 bits per heavy atom. The number of aromatic nitrogens is 1. The molecule has 0 bridgehead atoms. The van der Waals surface area contributed by atoms with Crippen molar-refractivity contribution in [3.63, 3.8) is 0 Å². The molecule has 12 nitrogen and oxygen atoms in total. The fourth-order valence-electron chi connectivity index (χ4n) is 3.88. The van der Waals surface area contributed by atoms with E-state index in [-0.39, 0.29) is 40.3 Å². The van der Waals surface area contributed by atoms with Crippen molar-refractivity contribution in [3.05, 3.63) is 60.8 Å². The Hall–Kier alpha value is -3.98. The molecular weight excluding hydrogens is 550 g/mol. The molecular formula is C25H23N3O9S2. The van der Waals surface area contributed by atoms with E-state index >= 15 is 0 Å². The van der Waals surface area contributed by atoms with Gasteiger partial charge in [-0.25, -0.2) is 0 Å². The first-order chi connectivity index (χ1) is 18.4. The molecule has 39 heavy (non-hydrogen) atoms. The SMILES string of the molecule is O=C(O)CCCCCOc1c(/N=N/c2ccc3cc(S(=O)(=O)O)ccc3c2)cc(S(=O)(=O)O)c2cccnc12. The molecule has 0 saturated carbocycles. The summed E-state index contributed by atoms with van der Waals surface area (Å²) < 4.78 is 72.0. The lowest BCUT2D eigenvalue weighted by Crippen LogP contribution is -2.04. The molecule has 0 fully saturated rings. The molecule has 3 N–H and O–H groups in total. The Bertz CT molecular complexity index is 1800. The van der Waals surface area contributed by atoms with Gasteiger partial charge in [-0.15, -0.1) is 5.11 Å². The first kappa shape index (κ1) is 28.0. The molecule has 0 aliphatic heterocycles. The van der Waals surface area contributed by atoms with Crippen LogP contribution in [0.15, 0.2) is 80.8 Å². The van der Waals surface area contributed by atoms with Crippen LogP contribution in [0.3, 0.4) is 0 Å². The number of carbonyl (C=O) groups is 1. The third-order valence-electron chi connectivity index (χ3n) is 5.71. The number of rotatable bonds is 11. The highest BCUT2D eigenvalue weighted by Gasteiger charge is 2.21. The van der Waals surface area contributed by atoms with Crippen molar-refractivity contribution < 1.29 is 40.6 Å². The van der Waals surface area contributed by atoms with Crippen molar-refractivity contribution in [3.8, 4) is 5.75 Å². The van der Waals surface area contributed by atoms with Crippen LogP contribution in [0.5, 0.6) is 5.75 Å². The lowest BCUT2D eigenvalue weighted by molar-refractivity contribution is -0.137. The van der Waals surface area contributed by atoms with E-state index in [4.69, 9.17) is 9.84 Å². The van der Waals surface area contributed by atoms with Crippen LogP contribution >= 0.6 is 0 Å². The summed E-state index contributed by atoms with van der Waals surface area (Å²) in [5.41, 5.74) is 0.473. The van der Waals surface area contributed by atoms with E-state index in [1.165, 1.54) is 36.5 Å². The van der Waals surface area contributed by atoms with Crippen LogP contribution in [0.25, 0.3) is 21.7 Å². The van der Waals surface area contributed by atoms with Gasteiger partial charge in [0, 0.05) is 18.0 Å². The number of nitrogens with zero attached hydrogens (tertiary/aromatic N) is 3. The van der Waals surface area contributed by atoms with Gasteiger partial charge < -0.3 is 9.84 Å². The molecule has 0 amide bonds. The zero-order valence-corrected chi connectivity index (χ0v) is 21.9. The second-order valence-electron chi connectivity index (χ2n) is 8.52. The largest absolute Gasteiger partial charge is 0.489 e. The van der Waals surface area contributed by atoms with Gasteiger partial charge in [-0.3, -0.25) is 18.9 Å². The van der Waals surface area contributed by atoms with Crippen LogP contribution in [0.4, 0.5) is 11.4 Å². The van der Waals surface area contributed by atoms with E-state index < -0.39 is 31.1 Å². The Morgan fingerprint density at radius 2 is 1.62 bits per heavy atom. The standard InChI is InChI=1S/C25H23N3O9S2/c29-23(30)6-2-1-3-12-37-25-21(15-22(39(34,35)36)20-5-4-11-26-24(20)25)28-27-18-9-7-17-14-19(38(31,32)33)10-8-16(17)13-18/h4-5,7-11,13-15H,1-3,6,12H2,(H,29,30)(H,31,32,33)(H,34,35,36)/b28-27+. The summed E-state index contributed by atoms with van der Waals surface area (Å²) in [7, 11) is -9.02. The van der Waals surface area contributed by atoms with Crippen LogP contribution in [0.1, 0.15) is 25.7 Å². The number of hydrogen-bond acceptors (Lipinski definition) is 9. The molecule has 0 atom stereocenters. The average molecular weight is 574 g/mol. The van der Waals surface area contributed by atoms with Gasteiger partial charge in [-0.1, -0.05) is 12.1 Å². The molecule has 14 heteroatoms. The van der Waals surface area contributed by atoms with Crippen molar-refractivity contribution in [1.82, 2.24) is 4.98 Å². The maximum absolute atomic E-state index is 12.1. The molecule has 0 aliphatic carbocycles. The zero-order chi connectivity index (χ0) is 28.2. The molecule has 1 aromatic heterocycles. The molecule has 4 aromatic rings. The van der Waals surface area contributed by atoms with Gasteiger partial charge >= 0.3 is 5.97 Å². The van der Waals surface area contributed by atoms with Gasteiger partial charge in [0.05, 0.1) is 17.2 Å². The summed E-state index contributed by atoms with van der Waals surface area (Å²) in [6.07, 6.45) is 3.05.